The van der Waals surface area contributed by atoms with Crippen LogP contribution in [0.25, 0.3) is 5.65 Å². The van der Waals surface area contributed by atoms with Gasteiger partial charge in [-0.15, -0.1) is 34.2 Å². The number of hydrogen-bond acceptors (Lipinski definition) is 3. The van der Waals surface area contributed by atoms with Gasteiger partial charge < -0.3 is 10.6 Å². The van der Waals surface area contributed by atoms with Gasteiger partial charge in [0.2, 0.25) is 0 Å². The fourth-order valence-electron chi connectivity index (χ4n) is 3.56. The summed E-state index contributed by atoms with van der Waals surface area (Å²) in [6.07, 6.45) is 9.26. The fraction of sp³-hybridized carbons (Fsp3) is 0.632. The highest BCUT2D eigenvalue weighted by Crippen LogP contribution is 2.26. The zero-order valence-electron chi connectivity index (χ0n) is 15.8. The van der Waals surface area contributed by atoms with Crippen molar-refractivity contribution >= 4 is 35.6 Å². The molecular weight excluding hydrogens is 439 g/mol. The highest BCUT2D eigenvalue weighted by Gasteiger charge is 2.20. The highest BCUT2D eigenvalue weighted by atomic mass is 127. The molecule has 0 aromatic carbocycles. The van der Waals surface area contributed by atoms with E-state index in [4.69, 9.17) is 4.99 Å². The van der Waals surface area contributed by atoms with Crippen LogP contribution in [0.1, 0.15) is 51.8 Å². The summed E-state index contributed by atoms with van der Waals surface area (Å²) in [5, 5.41) is 15.5. The van der Waals surface area contributed by atoms with Gasteiger partial charge in [-0.05, 0) is 50.7 Å². The molecule has 1 fully saturated rings. The highest BCUT2D eigenvalue weighted by molar-refractivity contribution is 14.0. The summed E-state index contributed by atoms with van der Waals surface area (Å²) >= 11 is 0. The van der Waals surface area contributed by atoms with E-state index in [9.17, 15) is 0 Å². The minimum absolute atomic E-state index is 0. The normalized spacial score (nSPS) is 20.6. The maximum atomic E-state index is 4.74. The standard InChI is InChI=1S/C19H30N6.HI/c1-3-15-8-10-16(11-9-15)22-19(20-4-2)21-13-12-18-24-23-17-7-5-6-14-25(17)18;/h5-7,14-16H,3-4,8-13H2,1-2H3,(H2,20,21,22);1H. The lowest BCUT2D eigenvalue weighted by atomic mass is 9.84. The summed E-state index contributed by atoms with van der Waals surface area (Å²) in [6.45, 7) is 5.99. The second-order valence-electron chi connectivity index (χ2n) is 6.83. The number of aliphatic imine (C=N–C) groups is 1. The van der Waals surface area contributed by atoms with Gasteiger partial charge in [0, 0.05) is 31.7 Å². The van der Waals surface area contributed by atoms with Crippen LogP contribution in [0.4, 0.5) is 0 Å². The molecule has 0 aliphatic heterocycles. The van der Waals surface area contributed by atoms with Crippen molar-refractivity contribution in [3.05, 3.63) is 30.2 Å². The number of nitrogens with zero attached hydrogens (tertiary/aromatic N) is 4. The van der Waals surface area contributed by atoms with Gasteiger partial charge in [-0.3, -0.25) is 9.39 Å². The van der Waals surface area contributed by atoms with Crippen LogP contribution in [0.15, 0.2) is 29.4 Å². The summed E-state index contributed by atoms with van der Waals surface area (Å²) in [7, 11) is 0. The van der Waals surface area contributed by atoms with Crippen molar-refractivity contribution in [1.82, 2.24) is 25.2 Å². The number of pyridine rings is 1. The van der Waals surface area contributed by atoms with E-state index in [1.807, 2.05) is 28.8 Å². The van der Waals surface area contributed by atoms with Gasteiger partial charge in [-0.2, -0.15) is 0 Å². The Labute approximate surface area is 173 Å². The molecule has 0 spiro atoms. The first-order valence-corrected chi connectivity index (χ1v) is 9.63. The molecule has 144 valence electrons. The Bertz CT molecular complexity index is 690. The molecule has 26 heavy (non-hydrogen) atoms. The molecule has 2 heterocycles. The first-order chi connectivity index (χ1) is 12.3. The van der Waals surface area contributed by atoms with Gasteiger partial charge in [0.1, 0.15) is 5.82 Å². The number of hydrogen-bond donors (Lipinski definition) is 2. The Hall–Kier alpha value is -1.38. The van der Waals surface area contributed by atoms with Crippen LogP contribution in [-0.2, 0) is 6.42 Å². The Morgan fingerprint density at radius 2 is 2.00 bits per heavy atom. The van der Waals surface area contributed by atoms with Crippen LogP contribution in [0.5, 0.6) is 0 Å². The number of halogens is 1. The smallest absolute Gasteiger partial charge is 0.191 e. The third kappa shape index (κ3) is 5.56. The number of nitrogens with one attached hydrogen (secondary N) is 2. The Morgan fingerprint density at radius 3 is 2.73 bits per heavy atom. The minimum Gasteiger partial charge on any atom is -0.357 e. The molecule has 0 unspecified atom stereocenters. The molecule has 2 aromatic heterocycles. The van der Waals surface area contributed by atoms with Gasteiger partial charge in [-0.1, -0.05) is 19.4 Å². The van der Waals surface area contributed by atoms with Crippen LogP contribution in [-0.4, -0.2) is 39.7 Å². The molecule has 3 rings (SSSR count). The van der Waals surface area contributed by atoms with Crippen LogP contribution in [0.2, 0.25) is 0 Å². The summed E-state index contributed by atoms with van der Waals surface area (Å²) in [4.78, 5) is 4.74. The second-order valence-corrected chi connectivity index (χ2v) is 6.83. The third-order valence-electron chi connectivity index (χ3n) is 5.10. The van der Waals surface area contributed by atoms with E-state index < -0.39 is 0 Å². The van der Waals surface area contributed by atoms with Crippen molar-refractivity contribution in [2.24, 2.45) is 10.9 Å². The lowest BCUT2D eigenvalue weighted by Gasteiger charge is -2.29. The van der Waals surface area contributed by atoms with E-state index >= 15 is 0 Å². The predicted octanol–water partition coefficient (Wildman–Crippen LogP) is 3.41. The van der Waals surface area contributed by atoms with E-state index in [2.05, 4.69) is 34.7 Å². The molecule has 0 amide bonds. The van der Waals surface area contributed by atoms with Gasteiger partial charge >= 0.3 is 0 Å². The van der Waals surface area contributed by atoms with Gasteiger partial charge in [0.25, 0.3) is 0 Å². The zero-order chi connectivity index (χ0) is 17.5. The first-order valence-electron chi connectivity index (χ1n) is 9.63. The van der Waals surface area contributed by atoms with Crippen LogP contribution in [0.3, 0.4) is 0 Å². The van der Waals surface area contributed by atoms with E-state index in [1.54, 1.807) is 0 Å². The SMILES string of the molecule is CCNC(=NCCc1nnc2ccccn12)NC1CCC(CC)CC1.I. The molecule has 2 N–H and O–H groups in total. The molecule has 1 saturated carbocycles. The van der Waals surface area contributed by atoms with E-state index in [0.717, 1.165) is 36.3 Å². The van der Waals surface area contributed by atoms with Crippen LogP contribution in [0, 0.1) is 5.92 Å². The van der Waals surface area contributed by atoms with Crippen molar-refractivity contribution < 1.29 is 0 Å². The molecule has 0 atom stereocenters. The average Bonchev–Trinajstić information content (AvgIpc) is 3.06. The number of aromatic nitrogens is 3. The van der Waals surface area contributed by atoms with Crippen LogP contribution >= 0.6 is 24.0 Å². The molecule has 0 saturated heterocycles. The van der Waals surface area contributed by atoms with Crippen molar-refractivity contribution in [3.8, 4) is 0 Å². The van der Waals surface area contributed by atoms with Gasteiger partial charge in [-0.25, -0.2) is 0 Å². The van der Waals surface area contributed by atoms with Crippen molar-refractivity contribution in [2.45, 2.75) is 58.4 Å². The van der Waals surface area contributed by atoms with Gasteiger partial charge in [0.05, 0.1) is 0 Å². The largest absolute Gasteiger partial charge is 0.357 e. The first kappa shape index (κ1) is 20.9. The zero-order valence-corrected chi connectivity index (χ0v) is 18.1. The molecule has 0 bridgehead atoms. The lowest BCUT2D eigenvalue weighted by molar-refractivity contribution is 0.304. The Kier molecular flexibility index (Phi) is 8.61. The Balaban J connectivity index is 0.00000243. The maximum absolute atomic E-state index is 4.74. The summed E-state index contributed by atoms with van der Waals surface area (Å²) in [6, 6.07) is 6.50. The van der Waals surface area contributed by atoms with Crippen molar-refractivity contribution in [1.29, 1.82) is 0 Å². The van der Waals surface area contributed by atoms with E-state index in [-0.39, 0.29) is 24.0 Å². The van der Waals surface area contributed by atoms with Crippen molar-refractivity contribution in [3.63, 3.8) is 0 Å². The van der Waals surface area contributed by atoms with Gasteiger partial charge in [0.15, 0.2) is 11.6 Å². The second kappa shape index (κ2) is 10.7. The van der Waals surface area contributed by atoms with Crippen LogP contribution < -0.4 is 10.6 Å². The fourth-order valence-corrected chi connectivity index (χ4v) is 3.56. The number of rotatable bonds is 6. The number of guanidine groups is 1. The van der Waals surface area contributed by atoms with E-state index in [1.165, 1.54) is 32.1 Å². The quantitative estimate of drug-likeness (QED) is 0.386. The molecule has 2 aromatic rings. The lowest BCUT2D eigenvalue weighted by Crippen LogP contribution is -2.45. The predicted molar refractivity (Wildman–Crippen MR) is 117 cm³/mol. The monoisotopic (exact) mass is 470 g/mol. The summed E-state index contributed by atoms with van der Waals surface area (Å²) in [5.74, 6) is 2.80. The average molecular weight is 470 g/mol. The molecule has 1 aliphatic carbocycles. The molecule has 1 aliphatic rings. The molecule has 7 heteroatoms. The summed E-state index contributed by atoms with van der Waals surface area (Å²) in [5.41, 5.74) is 0.888. The Morgan fingerprint density at radius 1 is 1.19 bits per heavy atom. The maximum Gasteiger partial charge on any atom is 0.191 e. The molecule has 0 radical (unpaired) electrons. The molecule has 6 nitrogen and oxygen atoms in total. The minimum atomic E-state index is 0. The third-order valence-corrected chi connectivity index (χ3v) is 5.10. The molecular formula is C19H31IN6. The topological polar surface area (TPSA) is 66.6 Å². The number of fused-ring (bicyclic) bond motifs is 1. The van der Waals surface area contributed by atoms with E-state index in [0.29, 0.717) is 12.6 Å². The van der Waals surface area contributed by atoms with Crippen molar-refractivity contribution in [2.75, 3.05) is 13.1 Å². The summed E-state index contributed by atoms with van der Waals surface area (Å²) < 4.78 is 2.03.